The van der Waals surface area contributed by atoms with Crippen LogP contribution >= 0.6 is 0 Å². The molecule has 0 spiro atoms. The fourth-order valence-corrected chi connectivity index (χ4v) is 3.51. The molecular formula is C22H17FN2O3. The molecule has 140 valence electrons. The molecule has 1 heterocycles. The number of benzene rings is 2. The van der Waals surface area contributed by atoms with Crippen LogP contribution in [0.2, 0.25) is 0 Å². The second-order valence-electron chi connectivity index (χ2n) is 6.78. The summed E-state index contributed by atoms with van der Waals surface area (Å²) in [7, 11) is 0. The lowest BCUT2D eigenvalue weighted by atomic mass is 9.81. The Morgan fingerprint density at radius 2 is 1.71 bits per heavy atom. The topological polar surface area (TPSA) is 79.0 Å². The molecular weight excluding hydrogens is 359 g/mol. The van der Waals surface area contributed by atoms with Gasteiger partial charge in [-0.2, -0.15) is 0 Å². The highest BCUT2D eigenvalue weighted by Gasteiger charge is 2.28. The molecule has 0 aliphatic heterocycles. The maximum atomic E-state index is 13.8. The van der Waals surface area contributed by atoms with E-state index in [0.29, 0.717) is 24.1 Å². The van der Waals surface area contributed by atoms with Crippen molar-refractivity contribution in [1.82, 2.24) is 4.98 Å². The van der Waals surface area contributed by atoms with Crippen LogP contribution in [-0.2, 0) is 6.42 Å². The maximum Gasteiger partial charge on any atom is 0.261 e. The Morgan fingerprint density at radius 1 is 1.00 bits per heavy atom. The van der Waals surface area contributed by atoms with Gasteiger partial charge in [-0.3, -0.25) is 14.4 Å². The summed E-state index contributed by atoms with van der Waals surface area (Å²) in [6.07, 6.45) is 0.812. The van der Waals surface area contributed by atoms with Crippen LogP contribution in [0.1, 0.15) is 44.3 Å². The summed E-state index contributed by atoms with van der Waals surface area (Å²) in [5, 5.41) is 2.38. The van der Waals surface area contributed by atoms with Crippen LogP contribution in [-0.4, -0.2) is 16.7 Å². The monoisotopic (exact) mass is 376 g/mol. The van der Waals surface area contributed by atoms with Gasteiger partial charge in [0.2, 0.25) is 0 Å². The highest BCUT2D eigenvalue weighted by Crippen LogP contribution is 2.31. The number of H-pyrrole nitrogens is 1. The van der Waals surface area contributed by atoms with Crippen molar-refractivity contribution in [1.29, 1.82) is 0 Å². The second-order valence-corrected chi connectivity index (χ2v) is 6.78. The molecule has 6 heteroatoms. The molecule has 2 N–H and O–H groups in total. The summed E-state index contributed by atoms with van der Waals surface area (Å²) in [5.41, 5.74) is 1.05. The van der Waals surface area contributed by atoms with Crippen molar-refractivity contribution in [3.05, 3.63) is 99.2 Å². The first-order valence-electron chi connectivity index (χ1n) is 8.93. The van der Waals surface area contributed by atoms with Crippen molar-refractivity contribution in [2.45, 2.75) is 18.8 Å². The summed E-state index contributed by atoms with van der Waals surface area (Å²) in [6, 6.07) is 16.6. The Labute approximate surface area is 160 Å². The van der Waals surface area contributed by atoms with Crippen molar-refractivity contribution in [2.75, 3.05) is 5.32 Å². The van der Waals surface area contributed by atoms with Crippen molar-refractivity contribution in [3.8, 4) is 0 Å². The number of fused-ring (bicyclic) bond motifs is 1. The molecule has 1 atom stereocenters. The van der Waals surface area contributed by atoms with Gasteiger partial charge in [-0.25, -0.2) is 4.39 Å². The normalized spacial score (nSPS) is 15.8. The Morgan fingerprint density at radius 3 is 2.46 bits per heavy atom. The van der Waals surface area contributed by atoms with E-state index >= 15 is 0 Å². The second kappa shape index (κ2) is 7.23. The van der Waals surface area contributed by atoms with Crippen LogP contribution in [0.15, 0.2) is 65.5 Å². The Balaban J connectivity index is 1.64. The highest BCUT2D eigenvalue weighted by atomic mass is 19.1. The molecule has 0 unspecified atom stereocenters. The molecule has 3 aromatic rings. The Hall–Kier alpha value is -3.54. The SMILES string of the molecule is O=C1C[C@@H](c2ccccc2)Cc2[nH]c(=O)c(C(=O)Nc3ccccc3F)cc21. The molecule has 1 aromatic heterocycles. The molecule has 5 nitrogen and oxygen atoms in total. The molecule has 1 aliphatic rings. The largest absolute Gasteiger partial charge is 0.325 e. The van der Waals surface area contributed by atoms with Crippen LogP contribution in [0.4, 0.5) is 10.1 Å². The minimum absolute atomic E-state index is 0.0186. The van der Waals surface area contributed by atoms with Crippen LogP contribution < -0.4 is 10.9 Å². The summed E-state index contributed by atoms with van der Waals surface area (Å²) >= 11 is 0. The predicted molar refractivity (Wildman–Crippen MR) is 103 cm³/mol. The van der Waals surface area contributed by atoms with Crippen LogP contribution in [0.3, 0.4) is 0 Å². The molecule has 1 aliphatic carbocycles. The number of nitrogens with one attached hydrogen (secondary N) is 2. The number of pyridine rings is 1. The molecule has 2 aromatic carbocycles. The van der Waals surface area contributed by atoms with Crippen LogP contribution in [0, 0.1) is 5.82 Å². The third kappa shape index (κ3) is 3.36. The number of hydrogen-bond donors (Lipinski definition) is 2. The standard InChI is InChI=1S/C22H17FN2O3/c23-17-8-4-5-9-18(17)24-21(27)16-12-15-19(25-22(16)28)10-14(11-20(15)26)13-6-2-1-3-7-13/h1-9,12,14H,10-11H2,(H,24,27)(H,25,28)/t14-/m0/s1. The Bertz CT molecular complexity index is 1120. The number of aromatic amines is 1. The van der Waals surface area contributed by atoms with E-state index in [1.807, 2.05) is 30.3 Å². The Kier molecular flexibility index (Phi) is 4.61. The first kappa shape index (κ1) is 17.9. The van der Waals surface area contributed by atoms with Gasteiger partial charge in [0.05, 0.1) is 5.69 Å². The number of Topliss-reactive ketones (excluding diaryl/α,β-unsaturated/α-hetero) is 1. The lowest BCUT2D eigenvalue weighted by molar-refractivity contribution is 0.0963. The van der Waals surface area contributed by atoms with Crippen molar-refractivity contribution in [2.24, 2.45) is 0 Å². The molecule has 0 saturated carbocycles. The molecule has 0 saturated heterocycles. The van der Waals surface area contributed by atoms with Gasteiger partial charge in [-0.1, -0.05) is 42.5 Å². The van der Waals surface area contributed by atoms with Crippen molar-refractivity contribution in [3.63, 3.8) is 0 Å². The van der Waals surface area contributed by atoms with Gasteiger partial charge in [-0.05, 0) is 36.1 Å². The minimum atomic E-state index is -0.757. The van der Waals surface area contributed by atoms with Crippen LogP contribution in [0.5, 0.6) is 0 Å². The molecule has 28 heavy (non-hydrogen) atoms. The summed E-state index contributed by atoms with van der Waals surface area (Å²) in [4.78, 5) is 40.2. The predicted octanol–water partition coefficient (Wildman–Crippen LogP) is 3.68. The third-order valence-electron chi connectivity index (χ3n) is 4.94. The number of ketones is 1. The molecule has 0 radical (unpaired) electrons. The summed E-state index contributed by atoms with van der Waals surface area (Å²) < 4.78 is 13.8. The average Bonchev–Trinajstić information content (AvgIpc) is 2.69. The molecule has 1 amide bonds. The molecule has 4 rings (SSSR count). The quantitative estimate of drug-likeness (QED) is 0.732. The fourth-order valence-electron chi connectivity index (χ4n) is 3.51. The fraction of sp³-hybridized carbons (Fsp3) is 0.136. The smallest absolute Gasteiger partial charge is 0.261 e. The molecule has 0 bridgehead atoms. The van der Waals surface area contributed by atoms with Crippen molar-refractivity contribution < 1.29 is 14.0 Å². The van der Waals surface area contributed by atoms with Gasteiger partial charge in [0.25, 0.3) is 11.5 Å². The number of carbonyl (C=O) groups is 2. The van der Waals surface area contributed by atoms with E-state index in [-0.39, 0.29) is 23.0 Å². The summed E-state index contributed by atoms with van der Waals surface area (Å²) in [5.74, 6) is -1.51. The number of amides is 1. The van der Waals surface area contributed by atoms with Gasteiger partial charge in [0.15, 0.2) is 5.78 Å². The maximum absolute atomic E-state index is 13.8. The zero-order valence-corrected chi connectivity index (χ0v) is 14.9. The lowest BCUT2D eigenvalue weighted by Gasteiger charge is -2.24. The van der Waals surface area contributed by atoms with Gasteiger partial charge >= 0.3 is 0 Å². The number of para-hydroxylation sites is 1. The number of rotatable bonds is 3. The van der Waals surface area contributed by atoms with E-state index in [0.717, 1.165) is 5.56 Å². The minimum Gasteiger partial charge on any atom is -0.325 e. The van der Waals surface area contributed by atoms with E-state index in [9.17, 15) is 18.8 Å². The summed E-state index contributed by atoms with van der Waals surface area (Å²) in [6.45, 7) is 0. The first-order valence-corrected chi connectivity index (χ1v) is 8.93. The number of hydrogen-bond acceptors (Lipinski definition) is 3. The number of carbonyl (C=O) groups excluding carboxylic acids is 2. The van der Waals surface area contributed by atoms with Gasteiger partial charge in [-0.15, -0.1) is 0 Å². The van der Waals surface area contributed by atoms with E-state index in [4.69, 9.17) is 0 Å². The zero-order chi connectivity index (χ0) is 19.7. The number of anilines is 1. The number of halogens is 1. The van der Waals surface area contributed by atoms with E-state index in [1.54, 1.807) is 6.07 Å². The van der Waals surface area contributed by atoms with Crippen LogP contribution in [0.25, 0.3) is 0 Å². The van der Waals surface area contributed by atoms with E-state index in [2.05, 4.69) is 10.3 Å². The average molecular weight is 376 g/mol. The molecule has 0 fully saturated rings. The number of aromatic nitrogens is 1. The first-order chi connectivity index (χ1) is 13.5. The van der Waals surface area contributed by atoms with Crippen molar-refractivity contribution >= 4 is 17.4 Å². The third-order valence-corrected chi connectivity index (χ3v) is 4.94. The van der Waals surface area contributed by atoms with Gasteiger partial charge in [0, 0.05) is 17.7 Å². The van der Waals surface area contributed by atoms with Gasteiger partial charge < -0.3 is 10.3 Å². The van der Waals surface area contributed by atoms with E-state index in [1.165, 1.54) is 24.3 Å². The zero-order valence-electron chi connectivity index (χ0n) is 14.9. The van der Waals surface area contributed by atoms with E-state index < -0.39 is 17.3 Å². The van der Waals surface area contributed by atoms with Gasteiger partial charge in [0.1, 0.15) is 11.4 Å². The lowest BCUT2D eigenvalue weighted by Crippen LogP contribution is -2.29. The highest BCUT2D eigenvalue weighted by molar-refractivity contribution is 6.06.